The van der Waals surface area contributed by atoms with Crippen LogP contribution in [0.3, 0.4) is 0 Å². The van der Waals surface area contributed by atoms with Crippen LogP contribution in [0, 0.1) is 5.82 Å². The van der Waals surface area contributed by atoms with Crippen molar-refractivity contribution in [1.82, 2.24) is 15.3 Å². The highest BCUT2D eigenvalue weighted by atomic mass is 19.1. The Morgan fingerprint density at radius 1 is 1.00 bits per heavy atom. The second-order valence-corrected chi connectivity index (χ2v) is 9.20. The van der Waals surface area contributed by atoms with Gasteiger partial charge in [0, 0.05) is 28.8 Å². The molecule has 38 heavy (non-hydrogen) atoms. The molecule has 192 valence electrons. The molecule has 0 fully saturated rings. The maximum atomic E-state index is 13.9. The fourth-order valence-corrected chi connectivity index (χ4v) is 4.60. The van der Waals surface area contributed by atoms with Gasteiger partial charge in [0.15, 0.2) is 0 Å². The largest absolute Gasteiger partial charge is 0.481 e. The summed E-state index contributed by atoms with van der Waals surface area (Å²) < 4.78 is 13.9. The standard InChI is InChI=1S/C29H25FN4O4/c30-19-11-13-21-20(15-19)24(16-26(35)32-21)34-29(38)18-10-12-22-25(14-18)31-23(8-4-5-9-27(36)37)28(33-22)17-6-2-1-3-7-17/h1-3,6-7,10-15,24H,4-5,8-9,16H2,(H,32,35)(H,34,38)(H,36,37). The number of fused-ring (bicyclic) bond motifs is 2. The Balaban J connectivity index is 1.44. The molecule has 0 saturated heterocycles. The van der Waals surface area contributed by atoms with Crippen LogP contribution >= 0.6 is 0 Å². The summed E-state index contributed by atoms with van der Waals surface area (Å²) in [6, 6.07) is 18.0. The van der Waals surface area contributed by atoms with Crippen molar-refractivity contribution in [2.75, 3.05) is 5.32 Å². The van der Waals surface area contributed by atoms with Crippen molar-refractivity contribution in [3.05, 3.63) is 89.4 Å². The van der Waals surface area contributed by atoms with Crippen molar-refractivity contribution in [2.45, 2.75) is 38.1 Å². The number of carboxylic acids is 1. The molecule has 0 spiro atoms. The average molecular weight is 513 g/mol. The number of aliphatic carboxylic acids is 1. The molecule has 0 aliphatic carbocycles. The van der Waals surface area contributed by atoms with Crippen LogP contribution in [0.5, 0.6) is 0 Å². The van der Waals surface area contributed by atoms with Crippen molar-refractivity contribution in [1.29, 1.82) is 0 Å². The van der Waals surface area contributed by atoms with E-state index in [1.165, 1.54) is 18.2 Å². The first kappa shape index (κ1) is 25.0. The van der Waals surface area contributed by atoms with Gasteiger partial charge in [0.1, 0.15) is 5.82 Å². The Morgan fingerprint density at radius 3 is 2.61 bits per heavy atom. The molecule has 3 aromatic carbocycles. The molecule has 0 bridgehead atoms. The summed E-state index contributed by atoms with van der Waals surface area (Å²) in [5.41, 5.74) is 4.79. The lowest BCUT2D eigenvalue weighted by atomic mass is 9.96. The number of anilines is 1. The molecular weight excluding hydrogens is 487 g/mol. The number of unbranched alkanes of at least 4 members (excludes halogenated alkanes) is 1. The summed E-state index contributed by atoms with van der Waals surface area (Å²) >= 11 is 0. The molecule has 1 unspecified atom stereocenters. The van der Waals surface area contributed by atoms with Gasteiger partial charge in [-0.15, -0.1) is 0 Å². The summed E-state index contributed by atoms with van der Waals surface area (Å²) in [6.07, 6.45) is 1.76. The topological polar surface area (TPSA) is 121 Å². The minimum Gasteiger partial charge on any atom is -0.481 e. The Morgan fingerprint density at radius 2 is 1.82 bits per heavy atom. The minimum absolute atomic E-state index is 0.00347. The van der Waals surface area contributed by atoms with Crippen LogP contribution in [0.4, 0.5) is 10.1 Å². The summed E-state index contributed by atoms with van der Waals surface area (Å²) in [4.78, 5) is 45.9. The number of amides is 2. The second kappa shape index (κ2) is 10.8. The number of benzene rings is 3. The lowest BCUT2D eigenvalue weighted by Crippen LogP contribution is -2.35. The van der Waals surface area contributed by atoms with Crippen molar-refractivity contribution in [3.8, 4) is 11.3 Å². The summed E-state index contributed by atoms with van der Waals surface area (Å²) in [7, 11) is 0. The molecule has 0 radical (unpaired) electrons. The number of aryl methyl sites for hydroxylation is 1. The van der Waals surface area contributed by atoms with E-state index in [4.69, 9.17) is 15.1 Å². The van der Waals surface area contributed by atoms with Gasteiger partial charge in [-0.25, -0.2) is 14.4 Å². The first-order chi connectivity index (χ1) is 18.4. The summed E-state index contributed by atoms with van der Waals surface area (Å²) in [5.74, 6) is -1.97. The number of nitrogens with one attached hydrogen (secondary N) is 2. The predicted octanol–water partition coefficient (Wildman–Crippen LogP) is 5.05. The second-order valence-electron chi connectivity index (χ2n) is 9.20. The van der Waals surface area contributed by atoms with Crippen LogP contribution in [-0.2, 0) is 16.0 Å². The van der Waals surface area contributed by atoms with Gasteiger partial charge in [0.05, 0.1) is 34.9 Å². The first-order valence-corrected chi connectivity index (χ1v) is 12.4. The summed E-state index contributed by atoms with van der Waals surface area (Å²) in [5, 5.41) is 14.5. The molecule has 4 aromatic rings. The number of rotatable bonds is 8. The number of carbonyl (C=O) groups is 3. The normalized spacial score (nSPS) is 14.6. The van der Waals surface area contributed by atoms with Crippen LogP contribution < -0.4 is 10.6 Å². The zero-order valence-electron chi connectivity index (χ0n) is 20.4. The molecule has 8 nitrogen and oxygen atoms in total. The van der Waals surface area contributed by atoms with Gasteiger partial charge in [0.25, 0.3) is 5.91 Å². The Labute approximate surface area is 217 Å². The van der Waals surface area contributed by atoms with Crippen LogP contribution in [-0.4, -0.2) is 32.9 Å². The van der Waals surface area contributed by atoms with Gasteiger partial charge in [-0.3, -0.25) is 14.4 Å². The molecule has 2 heterocycles. The van der Waals surface area contributed by atoms with Gasteiger partial charge in [-0.1, -0.05) is 30.3 Å². The number of hydrogen-bond donors (Lipinski definition) is 3. The molecule has 1 aliphatic rings. The molecule has 1 atom stereocenters. The lowest BCUT2D eigenvalue weighted by molar-refractivity contribution is -0.137. The van der Waals surface area contributed by atoms with Gasteiger partial charge in [-0.2, -0.15) is 0 Å². The maximum absolute atomic E-state index is 13.9. The number of carboxylic acid groups (broad SMARTS) is 1. The molecule has 2 amide bonds. The molecule has 3 N–H and O–H groups in total. The fraction of sp³-hybridized carbons (Fsp3) is 0.207. The van der Waals surface area contributed by atoms with E-state index in [2.05, 4.69) is 10.6 Å². The van der Waals surface area contributed by atoms with E-state index in [1.54, 1.807) is 18.2 Å². The highest BCUT2D eigenvalue weighted by molar-refractivity contribution is 6.00. The van der Waals surface area contributed by atoms with Crippen LogP contribution in [0.25, 0.3) is 22.3 Å². The number of nitrogens with zero attached hydrogens (tertiary/aromatic N) is 2. The monoisotopic (exact) mass is 512 g/mol. The summed E-state index contributed by atoms with van der Waals surface area (Å²) in [6.45, 7) is 0. The van der Waals surface area contributed by atoms with E-state index in [1.807, 2.05) is 30.3 Å². The van der Waals surface area contributed by atoms with Gasteiger partial charge < -0.3 is 15.7 Å². The van der Waals surface area contributed by atoms with Crippen LogP contribution in [0.2, 0.25) is 0 Å². The molecule has 1 aliphatic heterocycles. The number of halogens is 1. The minimum atomic E-state index is -0.839. The fourth-order valence-electron chi connectivity index (χ4n) is 4.60. The average Bonchev–Trinajstić information content (AvgIpc) is 2.91. The third-order valence-electron chi connectivity index (χ3n) is 6.46. The Kier molecular flexibility index (Phi) is 7.08. The van der Waals surface area contributed by atoms with Crippen molar-refractivity contribution in [3.63, 3.8) is 0 Å². The molecule has 5 rings (SSSR count). The van der Waals surface area contributed by atoms with Crippen molar-refractivity contribution in [2.24, 2.45) is 0 Å². The molecule has 0 saturated carbocycles. The van der Waals surface area contributed by atoms with E-state index in [9.17, 15) is 18.8 Å². The van der Waals surface area contributed by atoms with E-state index in [0.717, 1.165) is 17.0 Å². The predicted molar refractivity (Wildman–Crippen MR) is 140 cm³/mol. The number of aromatic nitrogens is 2. The SMILES string of the molecule is O=C(O)CCCCc1nc2cc(C(=O)NC3CC(=O)Nc4ccc(F)cc43)ccc2nc1-c1ccccc1. The highest BCUT2D eigenvalue weighted by Crippen LogP contribution is 2.31. The van der Waals surface area contributed by atoms with Gasteiger partial charge >= 0.3 is 5.97 Å². The first-order valence-electron chi connectivity index (χ1n) is 12.4. The smallest absolute Gasteiger partial charge is 0.303 e. The van der Waals surface area contributed by atoms with Gasteiger partial charge in [-0.05, 0) is 55.7 Å². The van der Waals surface area contributed by atoms with E-state index >= 15 is 0 Å². The highest BCUT2D eigenvalue weighted by Gasteiger charge is 2.27. The molecule has 1 aromatic heterocycles. The maximum Gasteiger partial charge on any atom is 0.303 e. The lowest BCUT2D eigenvalue weighted by Gasteiger charge is -2.26. The van der Waals surface area contributed by atoms with E-state index < -0.39 is 23.7 Å². The zero-order valence-corrected chi connectivity index (χ0v) is 20.4. The van der Waals surface area contributed by atoms with E-state index in [0.29, 0.717) is 47.1 Å². The molecular formula is C29H25FN4O4. The van der Waals surface area contributed by atoms with E-state index in [-0.39, 0.29) is 18.7 Å². The van der Waals surface area contributed by atoms with Gasteiger partial charge in [0.2, 0.25) is 5.91 Å². The third-order valence-corrected chi connectivity index (χ3v) is 6.46. The quantitative estimate of drug-likeness (QED) is 0.284. The third kappa shape index (κ3) is 5.51. The van der Waals surface area contributed by atoms with Crippen molar-refractivity contribution >= 4 is 34.5 Å². The van der Waals surface area contributed by atoms with Crippen LogP contribution in [0.1, 0.15) is 53.3 Å². The zero-order chi connectivity index (χ0) is 26.6. The molecule has 9 heteroatoms. The van der Waals surface area contributed by atoms with Crippen molar-refractivity contribution < 1.29 is 23.9 Å². The van der Waals surface area contributed by atoms with Crippen LogP contribution in [0.15, 0.2) is 66.7 Å². The Hall–Kier alpha value is -4.66. The number of carbonyl (C=O) groups excluding carboxylic acids is 2. The number of hydrogen-bond acceptors (Lipinski definition) is 5. The Bertz CT molecular complexity index is 1540.